The zero-order valence-electron chi connectivity index (χ0n) is 13.2. The molecule has 0 spiro atoms. The minimum Gasteiger partial charge on any atom is -0.326 e. The van der Waals surface area contributed by atoms with E-state index in [1.165, 1.54) is 18.2 Å². The number of aromatic nitrogens is 1. The van der Waals surface area contributed by atoms with E-state index in [1.807, 2.05) is 0 Å². The first-order valence-corrected chi connectivity index (χ1v) is 7.52. The number of anilines is 1. The lowest BCUT2D eigenvalue weighted by Crippen LogP contribution is -2.35. The fourth-order valence-corrected chi connectivity index (χ4v) is 2.39. The lowest BCUT2D eigenvalue weighted by atomic mass is 10.0. The van der Waals surface area contributed by atoms with Crippen molar-refractivity contribution in [2.45, 2.75) is 39.3 Å². The Kier molecular flexibility index (Phi) is 5.26. The molecule has 24 heavy (non-hydrogen) atoms. The number of aryl methyl sites for hydroxylation is 1. The molecular formula is C16H17F3N2O3. The van der Waals surface area contributed by atoms with Crippen LogP contribution in [0.1, 0.15) is 31.9 Å². The molecule has 130 valence electrons. The fraction of sp³-hybridized carbons (Fsp3) is 0.438. The Bertz CT molecular complexity index is 799. The molecule has 0 saturated heterocycles. The average Bonchev–Trinajstić information content (AvgIpc) is 2.50. The van der Waals surface area contributed by atoms with E-state index in [9.17, 15) is 22.8 Å². The molecular weight excluding hydrogens is 325 g/mol. The van der Waals surface area contributed by atoms with Gasteiger partial charge < -0.3 is 9.84 Å². The zero-order chi connectivity index (χ0) is 17.9. The number of halogens is 3. The van der Waals surface area contributed by atoms with Crippen molar-refractivity contribution in [1.82, 2.24) is 5.16 Å². The highest BCUT2D eigenvalue weighted by Crippen LogP contribution is 2.31. The summed E-state index contributed by atoms with van der Waals surface area (Å²) in [5.41, 5.74) is -0.0719. The van der Waals surface area contributed by atoms with E-state index in [2.05, 4.69) is 15.0 Å². The number of amides is 1. The van der Waals surface area contributed by atoms with Crippen LogP contribution in [0, 0.1) is 12.8 Å². The molecule has 1 amide bonds. The monoisotopic (exact) mass is 342 g/mol. The highest BCUT2D eigenvalue weighted by Gasteiger charge is 2.44. The predicted octanol–water partition coefficient (Wildman–Crippen LogP) is 3.80. The van der Waals surface area contributed by atoms with Gasteiger partial charge in [0, 0.05) is 11.1 Å². The minimum atomic E-state index is -4.60. The highest BCUT2D eigenvalue weighted by atomic mass is 19.4. The van der Waals surface area contributed by atoms with Gasteiger partial charge in [0.25, 0.3) is 0 Å². The summed E-state index contributed by atoms with van der Waals surface area (Å²) in [4.78, 5) is 23.6. The quantitative estimate of drug-likeness (QED) is 0.897. The van der Waals surface area contributed by atoms with Crippen LogP contribution in [0.15, 0.2) is 27.5 Å². The maximum atomic E-state index is 13.0. The van der Waals surface area contributed by atoms with Gasteiger partial charge in [-0.25, -0.2) is 4.79 Å². The molecule has 8 heteroatoms. The molecule has 1 aromatic heterocycles. The number of nitrogens with one attached hydrogen (secondary N) is 1. The van der Waals surface area contributed by atoms with Crippen molar-refractivity contribution in [3.05, 3.63) is 34.3 Å². The summed E-state index contributed by atoms with van der Waals surface area (Å²) in [6, 6.07) is 4.17. The van der Waals surface area contributed by atoms with Gasteiger partial charge in [-0.2, -0.15) is 13.2 Å². The van der Waals surface area contributed by atoms with Crippen LogP contribution in [0.2, 0.25) is 0 Å². The molecule has 0 saturated carbocycles. The molecule has 1 unspecified atom stereocenters. The number of hydrogen-bond acceptors (Lipinski definition) is 4. The molecule has 1 aromatic carbocycles. The van der Waals surface area contributed by atoms with E-state index in [0.29, 0.717) is 23.9 Å². The third-order valence-corrected chi connectivity index (χ3v) is 3.72. The summed E-state index contributed by atoms with van der Waals surface area (Å²) >= 11 is 0. The van der Waals surface area contributed by atoms with Gasteiger partial charge in [-0.3, -0.25) is 4.79 Å². The number of hydrogen-bond donors (Lipinski definition) is 1. The third kappa shape index (κ3) is 3.93. The van der Waals surface area contributed by atoms with Gasteiger partial charge in [0.15, 0.2) is 0 Å². The summed E-state index contributed by atoms with van der Waals surface area (Å²) in [6.07, 6.45) is -3.99. The molecule has 0 aliphatic carbocycles. The van der Waals surface area contributed by atoms with Gasteiger partial charge in [0.2, 0.25) is 5.91 Å². The fourth-order valence-electron chi connectivity index (χ4n) is 2.39. The van der Waals surface area contributed by atoms with Crippen molar-refractivity contribution in [2.24, 2.45) is 5.92 Å². The van der Waals surface area contributed by atoms with Gasteiger partial charge >= 0.3 is 11.8 Å². The van der Waals surface area contributed by atoms with Crippen molar-refractivity contribution in [3.8, 4) is 0 Å². The predicted molar refractivity (Wildman–Crippen MR) is 82.7 cm³/mol. The summed E-state index contributed by atoms with van der Waals surface area (Å²) in [6.45, 7) is 3.35. The summed E-state index contributed by atoms with van der Waals surface area (Å²) in [7, 11) is 0. The van der Waals surface area contributed by atoms with Crippen LogP contribution in [0.3, 0.4) is 0 Å². The van der Waals surface area contributed by atoms with Crippen LogP contribution in [0.5, 0.6) is 0 Å². The molecule has 1 N–H and O–H groups in total. The van der Waals surface area contributed by atoms with Crippen molar-refractivity contribution in [3.63, 3.8) is 0 Å². The number of nitrogens with zero attached hydrogens (tertiary/aromatic N) is 1. The van der Waals surface area contributed by atoms with Crippen LogP contribution >= 0.6 is 0 Å². The molecule has 1 heterocycles. The second kappa shape index (κ2) is 7.02. The lowest BCUT2D eigenvalue weighted by molar-refractivity contribution is -0.181. The maximum Gasteiger partial charge on any atom is 0.400 e. The number of benzene rings is 1. The first-order valence-electron chi connectivity index (χ1n) is 7.52. The average molecular weight is 342 g/mol. The largest absolute Gasteiger partial charge is 0.400 e. The van der Waals surface area contributed by atoms with Gasteiger partial charge in [0.05, 0.1) is 11.1 Å². The van der Waals surface area contributed by atoms with Crippen molar-refractivity contribution in [2.75, 3.05) is 5.32 Å². The number of fused-ring (bicyclic) bond motifs is 1. The second-order valence-corrected chi connectivity index (χ2v) is 5.54. The Hall–Kier alpha value is -2.38. The molecule has 0 aliphatic heterocycles. The van der Waals surface area contributed by atoms with Crippen LogP contribution in [0.4, 0.5) is 18.9 Å². The standard InChI is InChI=1S/C16H17F3N2O3/c1-3-4-5-13(16(17,18)19)14(22)20-10-6-7-11-12(8-10)9(2)21-24-15(11)23/h6-8,13H,3-5H2,1-2H3,(H,20,22). The van der Waals surface area contributed by atoms with Gasteiger partial charge in [-0.15, -0.1) is 0 Å². The van der Waals surface area contributed by atoms with Gasteiger partial charge in [-0.1, -0.05) is 24.9 Å². The van der Waals surface area contributed by atoms with Gasteiger partial charge in [0.1, 0.15) is 5.92 Å². The molecule has 0 radical (unpaired) electrons. The van der Waals surface area contributed by atoms with E-state index in [-0.39, 0.29) is 17.5 Å². The minimum absolute atomic E-state index is 0.175. The molecule has 1 atom stereocenters. The second-order valence-electron chi connectivity index (χ2n) is 5.54. The van der Waals surface area contributed by atoms with E-state index in [1.54, 1.807) is 13.8 Å². The smallest absolute Gasteiger partial charge is 0.326 e. The lowest BCUT2D eigenvalue weighted by Gasteiger charge is -2.19. The van der Waals surface area contributed by atoms with Crippen LogP contribution < -0.4 is 10.9 Å². The Morgan fingerprint density at radius 2 is 2.04 bits per heavy atom. The molecule has 0 aliphatic rings. The molecule has 5 nitrogen and oxygen atoms in total. The van der Waals surface area contributed by atoms with Crippen LogP contribution in [0.25, 0.3) is 10.8 Å². The van der Waals surface area contributed by atoms with E-state index in [4.69, 9.17) is 0 Å². The number of carbonyl (C=O) groups is 1. The number of carbonyl (C=O) groups excluding carboxylic acids is 1. The van der Waals surface area contributed by atoms with Crippen molar-refractivity contribution < 1.29 is 22.5 Å². The maximum absolute atomic E-state index is 13.0. The number of alkyl halides is 3. The summed E-state index contributed by atoms with van der Waals surface area (Å²) in [5.74, 6) is -3.17. The molecule has 2 rings (SSSR count). The SMILES string of the molecule is CCCCC(C(=O)Nc1ccc2c(=O)onc(C)c2c1)C(F)(F)F. The zero-order valence-corrected chi connectivity index (χ0v) is 13.2. The van der Waals surface area contributed by atoms with E-state index >= 15 is 0 Å². The first-order chi connectivity index (χ1) is 11.2. The van der Waals surface area contributed by atoms with Crippen LogP contribution in [-0.4, -0.2) is 17.2 Å². The van der Waals surface area contributed by atoms with Crippen molar-refractivity contribution >= 4 is 22.4 Å². The molecule has 0 bridgehead atoms. The van der Waals surface area contributed by atoms with Crippen molar-refractivity contribution in [1.29, 1.82) is 0 Å². The number of rotatable bonds is 5. The summed E-state index contributed by atoms with van der Waals surface area (Å²) in [5, 5.41) is 6.51. The van der Waals surface area contributed by atoms with Gasteiger partial charge in [-0.05, 0) is 31.5 Å². The first kappa shape index (κ1) is 18.0. The highest BCUT2D eigenvalue weighted by molar-refractivity contribution is 5.96. The Morgan fingerprint density at radius 3 is 2.67 bits per heavy atom. The Balaban J connectivity index is 2.29. The third-order valence-electron chi connectivity index (χ3n) is 3.72. The van der Waals surface area contributed by atoms with Crippen LogP contribution in [-0.2, 0) is 4.79 Å². The van der Waals surface area contributed by atoms with E-state index in [0.717, 1.165) is 0 Å². The summed E-state index contributed by atoms with van der Waals surface area (Å²) < 4.78 is 43.7. The topological polar surface area (TPSA) is 72.2 Å². The molecule has 0 fully saturated rings. The molecule has 2 aromatic rings. The number of unbranched alkanes of at least 4 members (excludes halogenated alkanes) is 1. The Morgan fingerprint density at radius 1 is 1.33 bits per heavy atom. The normalized spacial score (nSPS) is 13.0. The Labute approximate surface area is 135 Å². The van der Waals surface area contributed by atoms with E-state index < -0.39 is 23.6 Å².